The predicted octanol–water partition coefficient (Wildman–Crippen LogP) is 2.66. The standard InChI is InChI=1S/C22H21FN6O3/c1-29-11-12-7-13(8-17(23)19(12)28-29)26-21(30)15-3-4-18(32-14-5-6-24-9-14)16-10-25-22(31-2)27-20(15)16/h3-4,7-8,10-11,14,24H,5-6,9H2,1-2H3,(H,26,30). The number of benzene rings is 2. The van der Waals surface area contributed by atoms with Crippen LogP contribution in [-0.4, -0.2) is 52.0 Å². The van der Waals surface area contributed by atoms with Crippen LogP contribution < -0.4 is 20.1 Å². The van der Waals surface area contributed by atoms with E-state index in [1.807, 2.05) is 0 Å². The number of aromatic nitrogens is 4. The molecule has 164 valence electrons. The Bertz CT molecular complexity index is 1330. The first-order valence-electron chi connectivity index (χ1n) is 10.2. The van der Waals surface area contributed by atoms with Gasteiger partial charge in [0, 0.05) is 37.1 Å². The molecule has 1 fully saturated rings. The van der Waals surface area contributed by atoms with Gasteiger partial charge in [0.2, 0.25) is 0 Å². The monoisotopic (exact) mass is 436 g/mol. The lowest BCUT2D eigenvalue weighted by molar-refractivity contribution is 0.102. The van der Waals surface area contributed by atoms with Crippen LogP contribution >= 0.6 is 0 Å². The van der Waals surface area contributed by atoms with Crippen molar-refractivity contribution in [3.63, 3.8) is 0 Å². The van der Waals surface area contributed by atoms with Crippen molar-refractivity contribution in [2.75, 3.05) is 25.5 Å². The number of ether oxygens (including phenoxy) is 2. The number of amides is 1. The molecule has 4 aromatic rings. The molecule has 1 atom stereocenters. The van der Waals surface area contributed by atoms with E-state index in [-0.39, 0.29) is 17.6 Å². The summed E-state index contributed by atoms with van der Waals surface area (Å²) in [5.41, 5.74) is 1.25. The Labute approximate surface area is 182 Å². The summed E-state index contributed by atoms with van der Waals surface area (Å²) in [7, 11) is 3.17. The lowest BCUT2D eigenvalue weighted by atomic mass is 10.1. The first-order chi connectivity index (χ1) is 15.5. The number of halogens is 1. The zero-order valence-electron chi connectivity index (χ0n) is 17.6. The van der Waals surface area contributed by atoms with Gasteiger partial charge in [-0.15, -0.1) is 0 Å². The summed E-state index contributed by atoms with van der Waals surface area (Å²) < 4.78 is 27.2. The van der Waals surface area contributed by atoms with E-state index >= 15 is 0 Å². The van der Waals surface area contributed by atoms with E-state index in [0.717, 1.165) is 19.5 Å². The van der Waals surface area contributed by atoms with E-state index < -0.39 is 11.7 Å². The van der Waals surface area contributed by atoms with Crippen LogP contribution in [0, 0.1) is 5.82 Å². The average Bonchev–Trinajstić information content (AvgIpc) is 3.42. The van der Waals surface area contributed by atoms with Crippen molar-refractivity contribution in [3.8, 4) is 11.8 Å². The highest BCUT2D eigenvalue weighted by Gasteiger charge is 2.21. The zero-order chi connectivity index (χ0) is 22.2. The number of rotatable bonds is 5. The van der Waals surface area contributed by atoms with Crippen molar-refractivity contribution < 1.29 is 18.7 Å². The van der Waals surface area contributed by atoms with Crippen molar-refractivity contribution >= 4 is 33.4 Å². The Morgan fingerprint density at radius 2 is 2.19 bits per heavy atom. The SMILES string of the molecule is COc1ncc2c(OC3CCNC3)ccc(C(=O)Nc3cc(F)c4nn(C)cc4c3)c2n1. The summed E-state index contributed by atoms with van der Waals surface area (Å²) in [5, 5.41) is 11.3. The van der Waals surface area contributed by atoms with E-state index in [1.54, 1.807) is 37.6 Å². The highest BCUT2D eigenvalue weighted by molar-refractivity contribution is 6.13. The van der Waals surface area contributed by atoms with E-state index in [0.29, 0.717) is 33.3 Å². The van der Waals surface area contributed by atoms with Crippen molar-refractivity contribution in [1.29, 1.82) is 0 Å². The molecule has 0 spiro atoms. The number of nitrogens with zero attached hydrogens (tertiary/aromatic N) is 4. The summed E-state index contributed by atoms with van der Waals surface area (Å²) in [4.78, 5) is 21.7. The minimum Gasteiger partial charge on any atom is -0.488 e. The second-order valence-electron chi connectivity index (χ2n) is 7.62. The highest BCUT2D eigenvalue weighted by Crippen LogP contribution is 2.30. The predicted molar refractivity (Wildman–Crippen MR) is 117 cm³/mol. The molecule has 0 saturated carbocycles. The zero-order valence-corrected chi connectivity index (χ0v) is 17.6. The number of methoxy groups -OCH3 is 1. The summed E-state index contributed by atoms with van der Waals surface area (Å²) in [6.45, 7) is 1.65. The van der Waals surface area contributed by atoms with Crippen LogP contribution in [0.2, 0.25) is 0 Å². The fourth-order valence-electron chi connectivity index (χ4n) is 3.85. The maximum absolute atomic E-state index is 14.4. The molecular weight excluding hydrogens is 415 g/mol. The number of anilines is 1. The molecule has 2 aromatic heterocycles. The molecule has 1 amide bonds. The fourth-order valence-corrected chi connectivity index (χ4v) is 3.85. The largest absolute Gasteiger partial charge is 0.488 e. The van der Waals surface area contributed by atoms with Gasteiger partial charge in [0.05, 0.1) is 23.6 Å². The molecule has 10 heteroatoms. The van der Waals surface area contributed by atoms with E-state index in [9.17, 15) is 9.18 Å². The van der Waals surface area contributed by atoms with Crippen LogP contribution in [0.15, 0.2) is 36.7 Å². The van der Waals surface area contributed by atoms with Crippen LogP contribution in [0.3, 0.4) is 0 Å². The van der Waals surface area contributed by atoms with Gasteiger partial charge in [-0.2, -0.15) is 10.1 Å². The van der Waals surface area contributed by atoms with Crippen molar-refractivity contribution in [1.82, 2.24) is 25.1 Å². The number of carbonyl (C=O) groups excluding carboxylic acids is 1. The van der Waals surface area contributed by atoms with Gasteiger partial charge in [-0.1, -0.05) is 0 Å². The van der Waals surface area contributed by atoms with Gasteiger partial charge in [0.15, 0.2) is 5.82 Å². The smallest absolute Gasteiger partial charge is 0.316 e. The summed E-state index contributed by atoms with van der Waals surface area (Å²) in [6.07, 6.45) is 4.19. The first-order valence-corrected chi connectivity index (χ1v) is 10.2. The van der Waals surface area contributed by atoms with Gasteiger partial charge in [0.1, 0.15) is 17.4 Å². The van der Waals surface area contributed by atoms with Crippen LogP contribution in [-0.2, 0) is 7.05 Å². The third-order valence-electron chi connectivity index (χ3n) is 5.36. The molecule has 1 unspecified atom stereocenters. The molecule has 5 rings (SSSR count). The Hall–Kier alpha value is -3.79. The van der Waals surface area contributed by atoms with E-state index in [2.05, 4.69) is 25.7 Å². The number of nitrogens with one attached hydrogen (secondary N) is 2. The second kappa shape index (κ2) is 8.04. The van der Waals surface area contributed by atoms with Gasteiger partial charge in [-0.25, -0.2) is 9.37 Å². The number of fused-ring (bicyclic) bond motifs is 2. The van der Waals surface area contributed by atoms with E-state index in [1.165, 1.54) is 17.9 Å². The normalized spacial score (nSPS) is 15.9. The molecule has 1 saturated heterocycles. The highest BCUT2D eigenvalue weighted by atomic mass is 19.1. The van der Waals surface area contributed by atoms with Gasteiger partial charge >= 0.3 is 6.01 Å². The average molecular weight is 436 g/mol. The van der Waals surface area contributed by atoms with Crippen molar-refractivity contribution in [2.45, 2.75) is 12.5 Å². The topological polar surface area (TPSA) is 103 Å². The number of hydrogen-bond donors (Lipinski definition) is 2. The molecular formula is C22H21FN6O3. The van der Waals surface area contributed by atoms with Crippen LogP contribution in [0.25, 0.3) is 21.8 Å². The number of aryl methyl sites for hydroxylation is 1. The van der Waals surface area contributed by atoms with Crippen molar-refractivity contribution in [2.24, 2.45) is 7.05 Å². The summed E-state index contributed by atoms with van der Waals surface area (Å²) in [5.74, 6) is -0.357. The maximum Gasteiger partial charge on any atom is 0.316 e. The minimum absolute atomic E-state index is 0.0363. The second-order valence-corrected chi connectivity index (χ2v) is 7.62. The van der Waals surface area contributed by atoms with Gasteiger partial charge < -0.3 is 20.1 Å². The quantitative estimate of drug-likeness (QED) is 0.496. The third-order valence-corrected chi connectivity index (χ3v) is 5.36. The maximum atomic E-state index is 14.4. The minimum atomic E-state index is -0.513. The Morgan fingerprint density at radius 3 is 2.97 bits per heavy atom. The Balaban J connectivity index is 1.51. The first kappa shape index (κ1) is 20.1. The molecule has 1 aliphatic heterocycles. The lowest BCUT2D eigenvalue weighted by Crippen LogP contribution is -2.20. The fraction of sp³-hybridized carbons (Fsp3) is 0.273. The molecule has 0 aliphatic carbocycles. The van der Waals surface area contributed by atoms with Crippen LogP contribution in [0.5, 0.6) is 11.8 Å². The third kappa shape index (κ3) is 3.69. The molecule has 0 radical (unpaired) electrons. The van der Waals surface area contributed by atoms with Crippen molar-refractivity contribution in [3.05, 3.63) is 48.0 Å². The van der Waals surface area contributed by atoms with Gasteiger partial charge in [-0.3, -0.25) is 9.48 Å². The molecule has 2 N–H and O–H groups in total. The summed E-state index contributed by atoms with van der Waals surface area (Å²) in [6, 6.07) is 6.42. The lowest BCUT2D eigenvalue weighted by Gasteiger charge is -2.16. The summed E-state index contributed by atoms with van der Waals surface area (Å²) >= 11 is 0. The molecule has 32 heavy (non-hydrogen) atoms. The van der Waals surface area contributed by atoms with Gasteiger partial charge in [0.25, 0.3) is 5.91 Å². The van der Waals surface area contributed by atoms with Gasteiger partial charge in [-0.05, 0) is 37.2 Å². The Kier molecular flexibility index (Phi) is 5.06. The molecule has 3 heterocycles. The van der Waals surface area contributed by atoms with Crippen LogP contribution in [0.4, 0.5) is 10.1 Å². The molecule has 2 aromatic carbocycles. The van der Waals surface area contributed by atoms with E-state index in [4.69, 9.17) is 9.47 Å². The molecule has 9 nitrogen and oxygen atoms in total. The Morgan fingerprint density at radius 1 is 1.31 bits per heavy atom. The van der Waals surface area contributed by atoms with Crippen LogP contribution in [0.1, 0.15) is 16.8 Å². The molecule has 1 aliphatic rings. The molecule has 0 bridgehead atoms. The number of hydrogen-bond acceptors (Lipinski definition) is 7. The number of carbonyl (C=O) groups is 1.